The summed E-state index contributed by atoms with van der Waals surface area (Å²) in [6, 6.07) is 3.98. The minimum absolute atomic E-state index is 0. The molecule has 6 nitrogen and oxygen atoms in total. The first-order valence-corrected chi connectivity index (χ1v) is 9.35. The van der Waals surface area contributed by atoms with E-state index in [4.69, 9.17) is 9.15 Å². The molecular formula is C18H29IN4O2S. The van der Waals surface area contributed by atoms with Crippen molar-refractivity contribution in [1.82, 2.24) is 15.6 Å². The van der Waals surface area contributed by atoms with E-state index in [2.05, 4.69) is 41.4 Å². The monoisotopic (exact) mass is 492 g/mol. The molecular weight excluding hydrogens is 463 g/mol. The number of nitrogens with zero attached hydrogens (tertiary/aromatic N) is 2. The van der Waals surface area contributed by atoms with Gasteiger partial charge in [-0.2, -0.15) is 0 Å². The fourth-order valence-corrected chi connectivity index (χ4v) is 2.98. The maximum atomic E-state index is 5.58. The predicted octanol–water partition coefficient (Wildman–Crippen LogP) is 4.14. The standard InChI is InChI=1S/C18H28N4O2S.HI/c1-6-19-17(21-11-15(23-5)18(2,3)4)20-10-13-12-24-16(22-13)14-8-7-9-25-14;/h7-9,12,15H,6,10-11H2,1-5H3,(H2,19,20,21);1H. The van der Waals surface area contributed by atoms with E-state index in [0.717, 1.165) is 23.1 Å². The van der Waals surface area contributed by atoms with E-state index in [9.17, 15) is 0 Å². The van der Waals surface area contributed by atoms with Crippen LogP contribution < -0.4 is 10.6 Å². The van der Waals surface area contributed by atoms with E-state index in [0.29, 0.717) is 19.0 Å². The summed E-state index contributed by atoms with van der Waals surface area (Å²) in [5.74, 6) is 1.39. The Bertz CT molecular complexity index is 665. The van der Waals surface area contributed by atoms with Crippen molar-refractivity contribution in [2.24, 2.45) is 10.4 Å². The zero-order chi connectivity index (χ0) is 18.3. The molecule has 0 aliphatic rings. The second kappa shape index (κ2) is 10.9. The summed E-state index contributed by atoms with van der Waals surface area (Å²) >= 11 is 1.61. The average Bonchev–Trinajstić information content (AvgIpc) is 3.22. The van der Waals surface area contributed by atoms with Crippen LogP contribution in [-0.2, 0) is 11.3 Å². The van der Waals surface area contributed by atoms with Crippen LogP contribution >= 0.6 is 35.3 Å². The summed E-state index contributed by atoms with van der Waals surface area (Å²) in [7, 11) is 1.74. The lowest BCUT2D eigenvalue weighted by molar-refractivity contribution is 0.0205. The quantitative estimate of drug-likeness (QED) is 0.346. The van der Waals surface area contributed by atoms with Crippen LogP contribution in [0.4, 0.5) is 0 Å². The average molecular weight is 492 g/mol. The molecule has 26 heavy (non-hydrogen) atoms. The molecule has 0 fully saturated rings. The van der Waals surface area contributed by atoms with Crippen LogP contribution in [-0.4, -0.2) is 37.2 Å². The van der Waals surface area contributed by atoms with Crippen molar-refractivity contribution in [3.05, 3.63) is 29.5 Å². The van der Waals surface area contributed by atoms with Crippen LogP contribution in [0, 0.1) is 5.41 Å². The van der Waals surface area contributed by atoms with E-state index in [-0.39, 0.29) is 35.5 Å². The van der Waals surface area contributed by atoms with E-state index in [1.54, 1.807) is 24.7 Å². The summed E-state index contributed by atoms with van der Waals surface area (Å²) in [4.78, 5) is 10.1. The molecule has 8 heteroatoms. The Balaban J connectivity index is 0.00000338. The molecule has 0 aromatic carbocycles. The van der Waals surface area contributed by atoms with Crippen LogP contribution in [0.2, 0.25) is 0 Å². The molecule has 2 aromatic heterocycles. The second-order valence-electron chi connectivity index (χ2n) is 6.79. The van der Waals surface area contributed by atoms with Gasteiger partial charge in [-0.25, -0.2) is 9.98 Å². The third-order valence-corrected chi connectivity index (χ3v) is 4.59. The normalized spacial score (nSPS) is 13.2. The van der Waals surface area contributed by atoms with Crippen molar-refractivity contribution >= 4 is 41.3 Å². The van der Waals surface area contributed by atoms with Gasteiger partial charge in [0.25, 0.3) is 0 Å². The molecule has 1 atom stereocenters. The van der Waals surface area contributed by atoms with Crippen molar-refractivity contribution in [2.45, 2.75) is 40.3 Å². The number of aromatic nitrogens is 1. The lowest BCUT2D eigenvalue weighted by atomic mass is 9.89. The molecule has 146 valence electrons. The molecule has 0 bridgehead atoms. The highest BCUT2D eigenvalue weighted by Crippen LogP contribution is 2.24. The molecule has 2 rings (SSSR count). The summed E-state index contributed by atoms with van der Waals surface area (Å²) in [5, 5.41) is 8.59. The van der Waals surface area contributed by atoms with Crippen molar-refractivity contribution in [1.29, 1.82) is 0 Å². The highest BCUT2D eigenvalue weighted by Gasteiger charge is 2.24. The molecule has 2 heterocycles. The van der Waals surface area contributed by atoms with Gasteiger partial charge in [0.15, 0.2) is 5.96 Å². The number of nitrogens with one attached hydrogen (secondary N) is 2. The maximum Gasteiger partial charge on any atom is 0.236 e. The van der Waals surface area contributed by atoms with E-state index in [1.807, 2.05) is 24.4 Å². The summed E-state index contributed by atoms with van der Waals surface area (Å²) in [6.45, 7) is 10.5. The van der Waals surface area contributed by atoms with Crippen molar-refractivity contribution < 1.29 is 9.15 Å². The Morgan fingerprint density at radius 1 is 1.38 bits per heavy atom. The van der Waals surface area contributed by atoms with Gasteiger partial charge in [0.05, 0.1) is 17.5 Å². The van der Waals surface area contributed by atoms with Crippen LogP contribution in [0.1, 0.15) is 33.4 Å². The van der Waals surface area contributed by atoms with Gasteiger partial charge in [-0.15, -0.1) is 35.3 Å². The molecule has 0 saturated carbocycles. The maximum absolute atomic E-state index is 5.58. The van der Waals surface area contributed by atoms with E-state index >= 15 is 0 Å². The zero-order valence-electron chi connectivity index (χ0n) is 16.0. The van der Waals surface area contributed by atoms with Crippen LogP contribution in [0.5, 0.6) is 0 Å². The van der Waals surface area contributed by atoms with Gasteiger partial charge in [-0.3, -0.25) is 0 Å². The Morgan fingerprint density at radius 2 is 2.15 bits per heavy atom. The minimum Gasteiger partial charge on any atom is -0.443 e. The number of rotatable bonds is 7. The number of methoxy groups -OCH3 is 1. The number of guanidine groups is 1. The van der Waals surface area contributed by atoms with Crippen molar-refractivity contribution in [3.63, 3.8) is 0 Å². The van der Waals surface area contributed by atoms with E-state index in [1.165, 1.54) is 0 Å². The van der Waals surface area contributed by atoms with Gasteiger partial charge >= 0.3 is 0 Å². The molecule has 0 amide bonds. The van der Waals surface area contributed by atoms with Gasteiger partial charge in [0.1, 0.15) is 12.0 Å². The lowest BCUT2D eigenvalue weighted by Gasteiger charge is -2.30. The van der Waals surface area contributed by atoms with Crippen molar-refractivity contribution in [2.75, 3.05) is 20.2 Å². The van der Waals surface area contributed by atoms with Crippen LogP contribution in [0.15, 0.2) is 33.2 Å². The molecule has 2 aromatic rings. The van der Waals surface area contributed by atoms with Gasteiger partial charge in [0.2, 0.25) is 5.89 Å². The Kier molecular flexibility index (Phi) is 9.59. The molecule has 0 aliphatic heterocycles. The number of oxazole rings is 1. The first kappa shape index (κ1) is 22.9. The molecule has 1 unspecified atom stereocenters. The van der Waals surface area contributed by atoms with Gasteiger partial charge < -0.3 is 19.8 Å². The highest BCUT2D eigenvalue weighted by molar-refractivity contribution is 14.0. The first-order chi connectivity index (χ1) is 11.9. The van der Waals surface area contributed by atoms with Crippen molar-refractivity contribution in [3.8, 4) is 10.8 Å². The Morgan fingerprint density at radius 3 is 2.73 bits per heavy atom. The number of thiophene rings is 1. The smallest absolute Gasteiger partial charge is 0.236 e. The Hall–Kier alpha value is -1.13. The third-order valence-electron chi connectivity index (χ3n) is 3.73. The minimum atomic E-state index is 0. The van der Waals surface area contributed by atoms with Gasteiger partial charge in [0, 0.05) is 20.2 Å². The third kappa shape index (κ3) is 6.88. The first-order valence-electron chi connectivity index (χ1n) is 8.47. The number of halogens is 1. The van der Waals surface area contributed by atoms with Gasteiger partial charge in [-0.05, 0) is 23.8 Å². The summed E-state index contributed by atoms with van der Waals surface area (Å²) < 4.78 is 11.1. The SMILES string of the molecule is CCNC(=NCc1coc(-c2cccs2)n1)NCC(OC)C(C)(C)C.I. The molecule has 0 saturated heterocycles. The summed E-state index contributed by atoms with van der Waals surface area (Å²) in [6.07, 6.45) is 1.75. The lowest BCUT2D eigenvalue weighted by Crippen LogP contribution is -2.45. The summed E-state index contributed by atoms with van der Waals surface area (Å²) in [5.41, 5.74) is 0.862. The second-order valence-corrected chi connectivity index (χ2v) is 7.74. The number of hydrogen-bond acceptors (Lipinski definition) is 5. The topological polar surface area (TPSA) is 71.7 Å². The Labute approximate surface area is 176 Å². The van der Waals surface area contributed by atoms with Gasteiger partial charge in [-0.1, -0.05) is 26.8 Å². The zero-order valence-corrected chi connectivity index (χ0v) is 19.2. The van der Waals surface area contributed by atoms with Crippen LogP contribution in [0.25, 0.3) is 10.8 Å². The number of ether oxygens (including phenoxy) is 1. The highest BCUT2D eigenvalue weighted by atomic mass is 127. The molecule has 2 N–H and O–H groups in total. The number of hydrogen-bond donors (Lipinski definition) is 2. The van der Waals surface area contributed by atoms with E-state index < -0.39 is 0 Å². The molecule has 0 radical (unpaired) electrons. The van der Waals surface area contributed by atoms with Crippen LogP contribution in [0.3, 0.4) is 0 Å². The molecule has 0 aliphatic carbocycles. The predicted molar refractivity (Wildman–Crippen MR) is 118 cm³/mol. The molecule has 0 spiro atoms. The number of aliphatic imine (C=N–C) groups is 1. The largest absolute Gasteiger partial charge is 0.443 e. The fourth-order valence-electron chi connectivity index (χ4n) is 2.33. The fraction of sp³-hybridized carbons (Fsp3) is 0.556.